The van der Waals surface area contributed by atoms with E-state index < -0.39 is 0 Å². The number of nitrogens with two attached hydrogens (primary N) is 1. The van der Waals surface area contributed by atoms with Gasteiger partial charge in [0, 0.05) is 12.6 Å². The van der Waals surface area contributed by atoms with E-state index in [2.05, 4.69) is 4.98 Å². The molecule has 1 aromatic heterocycles. The number of hydrogen-bond acceptors (Lipinski definition) is 5. The molecule has 0 atom stereocenters. The van der Waals surface area contributed by atoms with Crippen molar-refractivity contribution < 1.29 is 9.84 Å². The van der Waals surface area contributed by atoms with E-state index in [4.69, 9.17) is 15.6 Å². The number of anilines is 2. The number of ether oxygens (including phenoxy) is 1. The predicted molar refractivity (Wildman–Crippen MR) is 69.4 cm³/mol. The standard InChI is InChI=1S/C12H21N3O2/c1-4-17-12-10(13)5-6-11(14-12)15(7-8-16)9(2)3/h5-6,9,16H,4,7-8,13H2,1-3H3. The van der Waals surface area contributed by atoms with Gasteiger partial charge in [0.15, 0.2) is 0 Å². The first-order chi connectivity index (χ1) is 8.10. The molecule has 1 aromatic rings. The first-order valence-corrected chi connectivity index (χ1v) is 5.87. The topological polar surface area (TPSA) is 71.6 Å². The lowest BCUT2D eigenvalue weighted by Crippen LogP contribution is -2.34. The summed E-state index contributed by atoms with van der Waals surface area (Å²) in [4.78, 5) is 6.37. The maximum Gasteiger partial charge on any atom is 0.239 e. The molecule has 17 heavy (non-hydrogen) atoms. The molecule has 0 aliphatic heterocycles. The van der Waals surface area contributed by atoms with Gasteiger partial charge < -0.3 is 20.5 Å². The van der Waals surface area contributed by atoms with Crippen LogP contribution in [-0.4, -0.2) is 35.9 Å². The zero-order valence-corrected chi connectivity index (χ0v) is 10.7. The smallest absolute Gasteiger partial charge is 0.239 e. The fourth-order valence-electron chi connectivity index (χ4n) is 1.60. The van der Waals surface area contributed by atoms with Crippen LogP contribution in [0.1, 0.15) is 20.8 Å². The monoisotopic (exact) mass is 239 g/mol. The number of pyridine rings is 1. The second-order valence-corrected chi connectivity index (χ2v) is 4.01. The van der Waals surface area contributed by atoms with Gasteiger partial charge in [0.25, 0.3) is 0 Å². The Morgan fingerprint density at radius 2 is 2.18 bits per heavy atom. The molecule has 0 saturated carbocycles. The van der Waals surface area contributed by atoms with E-state index in [1.54, 1.807) is 6.07 Å². The minimum atomic E-state index is 0.0915. The number of aliphatic hydroxyl groups is 1. The van der Waals surface area contributed by atoms with Crippen molar-refractivity contribution >= 4 is 11.5 Å². The van der Waals surface area contributed by atoms with E-state index in [9.17, 15) is 0 Å². The number of nitrogens with zero attached hydrogens (tertiary/aromatic N) is 2. The number of rotatable bonds is 6. The average molecular weight is 239 g/mol. The van der Waals surface area contributed by atoms with Crippen LogP contribution in [0.5, 0.6) is 5.88 Å². The molecule has 5 nitrogen and oxygen atoms in total. The highest BCUT2D eigenvalue weighted by atomic mass is 16.5. The van der Waals surface area contributed by atoms with Gasteiger partial charge in [-0.1, -0.05) is 0 Å². The summed E-state index contributed by atoms with van der Waals surface area (Å²) in [5.41, 5.74) is 6.30. The normalized spacial score (nSPS) is 10.6. The third-order valence-corrected chi connectivity index (χ3v) is 2.41. The predicted octanol–water partition coefficient (Wildman–Crippen LogP) is 1.27. The van der Waals surface area contributed by atoms with Crippen molar-refractivity contribution in [2.24, 2.45) is 0 Å². The van der Waals surface area contributed by atoms with Gasteiger partial charge in [-0.2, -0.15) is 4.98 Å². The molecule has 3 N–H and O–H groups in total. The van der Waals surface area contributed by atoms with Crippen LogP contribution in [0.3, 0.4) is 0 Å². The van der Waals surface area contributed by atoms with Gasteiger partial charge in [0.05, 0.1) is 18.9 Å². The Kier molecular flexibility index (Phi) is 5.03. The Labute approximate surface area is 102 Å². The van der Waals surface area contributed by atoms with E-state index in [1.807, 2.05) is 31.7 Å². The molecular formula is C12H21N3O2. The van der Waals surface area contributed by atoms with Gasteiger partial charge in [-0.3, -0.25) is 0 Å². The number of aliphatic hydroxyl groups excluding tert-OH is 1. The SMILES string of the molecule is CCOc1nc(N(CCO)C(C)C)ccc1N. The highest BCUT2D eigenvalue weighted by Gasteiger charge is 2.13. The van der Waals surface area contributed by atoms with E-state index in [-0.39, 0.29) is 12.6 Å². The molecule has 96 valence electrons. The molecule has 0 aliphatic rings. The van der Waals surface area contributed by atoms with Crippen molar-refractivity contribution in [3.8, 4) is 5.88 Å². The molecule has 5 heteroatoms. The van der Waals surface area contributed by atoms with Crippen molar-refractivity contribution in [1.82, 2.24) is 4.98 Å². The van der Waals surface area contributed by atoms with Gasteiger partial charge >= 0.3 is 0 Å². The lowest BCUT2D eigenvalue weighted by Gasteiger charge is -2.27. The Bertz CT molecular complexity index is 356. The van der Waals surface area contributed by atoms with Crippen LogP contribution in [0.2, 0.25) is 0 Å². The molecular weight excluding hydrogens is 218 g/mol. The first-order valence-electron chi connectivity index (χ1n) is 5.87. The van der Waals surface area contributed by atoms with Crippen LogP contribution < -0.4 is 15.4 Å². The van der Waals surface area contributed by atoms with E-state index >= 15 is 0 Å². The number of nitrogen functional groups attached to an aromatic ring is 1. The quantitative estimate of drug-likeness (QED) is 0.782. The lowest BCUT2D eigenvalue weighted by molar-refractivity contribution is 0.298. The maximum atomic E-state index is 9.05. The largest absolute Gasteiger partial charge is 0.476 e. The van der Waals surface area contributed by atoms with E-state index in [1.165, 1.54) is 0 Å². The van der Waals surface area contributed by atoms with Crippen molar-refractivity contribution in [3.63, 3.8) is 0 Å². The summed E-state index contributed by atoms with van der Waals surface area (Å²) in [6, 6.07) is 3.88. The van der Waals surface area contributed by atoms with Gasteiger partial charge in [-0.25, -0.2) is 0 Å². The molecule has 0 spiro atoms. The van der Waals surface area contributed by atoms with E-state index in [0.29, 0.717) is 24.7 Å². The molecule has 0 radical (unpaired) electrons. The maximum absolute atomic E-state index is 9.05. The summed E-state index contributed by atoms with van der Waals surface area (Å²) in [5.74, 6) is 1.22. The van der Waals surface area contributed by atoms with Gasteiger partial charge in [0.1, 0.15) is 5.82 Å². The summed E-state index contributed by atoms with van der Waals surface area (Å²) in [7, 11) is 0. The Morgan fingerprint density at radius 3 is 2.71 bits per heavy atom. The fourth-order valence-corrected chi connectivity index (χ4v) is 1.60. The number of hydrogen-bond donors (Lipinski definition) is 2. The zero-order chi connectivity index (χ0) is 12.8. The van der Waals surface area contributed by atoms with Crippen LogP contribution in [-0.2, 0) is 0 Å². The van der Waals surface area contributed by atoms with Crippen molar-refractivity contribution in [3.05, 3.63) is 12.1 Å². The summed E-state index contributed by atoms with van der Waals surface area (Å²) in [6.45, 7) is 7.15. The molecule has 0 unspecified atom stereocenters. The Hall–Kier alpha value is -1.49. The average Bonchev–Trinajstić information content (AvgIpc) is 2.29. The van der Waals surface area contributed by atoms with Crippen molar-refractivity contribution in [2.75, 3.05) is 30.4 Å². The van der Waals surface area contributed by atoms with Crippen LogP contribution in [0.4, 0.5) is 11.5 Å². The molecule has 0 aromatic carbocycles. The van der Waals surface area contributed by atoms with Gasteiger partial charge in [-0.05, 0) is 32.9 Å². The van der Waals surface area contributed by atoms with Gasteiger partial charge in [-0.15, -0.1) is 0 Å². The summed E-state index contributed by atoms with van der Waals surface area (Å²) in [5, 5.41) is 9.05. The summed E-state index contributed by atoms with van der Waals surface area (Å²) in [6.07, 6.45) is 0. The Balaban J connectivity index is 2.99. The lowest BCUT2D eigenvalue weighted by atomic mass is 10.3. The third kappa shape index (κ3) is 3.49. The zero-order valence-electron chi connectivity index (χ0n) is 10.7. The van der Waals surface area contributed by atoms with E-state index in [0.717, 1.165) is 5.82 Å². The third-order valence-electron chi connectivity index (χ3n) is 2.41. The molecule has 0 amide bonds. The van der Waals surface area contributed by atoms with Crippen molar-refractivity contribution in [2.45, 2.75) is 26.8 Å². The van der Waals surface area contributed by atoms with Crippen LogP contribution >= 0.6 is 0 Å². The first kappa shape index (κ1) is 13.6. The highest BCUT2D eigenvalue weighted by molar-refractivity contribution is 5.54. The molecule has 0 saturated heterocycles. The minimum Gasteiger partial charge on any atom is -0.476 e. The molecule has 0 aliphatic carbocycles. The van der Waals surface area contributed by atoms with Crippen LogP contribution in [0.15, 0.2) is 12.1 Å². The second-order valence-electron chi connectivity index (χ2n) is 4.01. The second kappa shape index (κ2) is 6.30. The minimum absolute atomic E-state index is 0.0915. The molecule has 1 rings (SSSR count). The van der Waals surface area contributed by atoms with Crippen molar-refractivity contribution in [1.29, 1.82) is 0 Å². The molecule has 0 fully saturated rings. The fraction of sp³-hybridized carbons (Fsp3) is 0.583. The van der Waals surface area contributed by atoms with Crippen LogP contribution in [0, 0.1) is 0 Å². The molecule has 1 heterocycles. The number of aromatic nitrogens is 1. The highest BCUT2D eigenvalue weighted by Crippen LogP contribution is 2.24. The van der Waals surface area contributed by atoms with Crippen LogP contribution in [0.25, 0.3) is 0 Å². The summed E-state index contributed by atoms with van der Waals surface area (Å²) >= 11 is 0. The Morgan fingerprint density at radius 1 is 1.47 bits per heavy atom. The summed E-state index contributed by atoms with van der Waals surface area (Å²) < 4.78 is 5.36. The van der Waals surface area contributed by atoms with Gasteiger partial charge in [0.2, 0.25) is 5.88 Å². The molecule has 0 bridgehead atoms.